The molecular weight excluding hydrogens is 501 g/mol. The van der Waals surface area contributed by atoms with E-state index in [1.165, 1.54) is 55.9 Å². The van der Waals surface area contributed by atoms with E-state index in [-0.39, 0.29) is 29.1 Å². The lowest BCUT2D eigenvalue weighted by Gasteiger charge is -2.19. The van der Waals surface area contributed by atoms with Crippen molar-refractivity contribution >= 4 is 23.2 Å². The minimum atomic E-state index is -1.25. The molecule has 0 amide bonds. The summed E-state index contributed by atoms with van der Waals surface area (Å²) in [6.45, 7) is 0.0679. The van der Waals surface area contributed by atoms with Crippen LogP contribution in [0.2, 0.25) is 10.0 Å². The van der Waals surface area contributed by atoms with Crippen molar-refractivity contribution in [3.05, 3.63) is 93.2 Å². The first kappa shape index (κ1) is 25.0. The van der Waals surface area contributed by atoms with Crippen molar-refractivity contribution in [3.63, 3.8) is 0 Å². The van der Waals surface area contributed by atoms with E-state index in [1.54, 1.807) is 6.07 Å². The van der Waals surface area contributed by atoms with Crippen LogP contribution >= 0.6 is 23.2 Å². The molecule has 2 heterocycles. The average Bonchev–Trinajstić information content (AvgIpc) is 2.87. The minimum absolute atomic E-state index is 0.0157. The van der Waals surface area contributed by atoms with Crippen LogP contribution in [0.4, 0.5) is 8.78 Å². The zero-order chi connectivity index (χ0) is 24.9. The van der Waals surface area contributed by atoms with Gasteiger partial charge < -0.3 is 14.6 Å². The topological polar surface area (TPSA) is 90.2 Å². The Kier molecular flexibility index (Phi) is 7.94. The van der Waals surface area contributed by atoms with Gasteiger partial charge in [-0.1, -0.05) is 23.2 Å². The average molecular weight is 519 g/mol. The molecule has 11 heteroatoms. The van der Waals surface area contributed by atoms with Gasteiger partial charge in [-0.25, -0.2) is 8.78 Å². The molecule has 4 rings (SSSR count). The Hall–Kier alpha value is -3.08. The maximum absolute atomic E-state index is 13.8. The van der Waals surface area contributed by atoms with E-state index >= 15 is 0 Å². The fraction of sp³-hybridized carbons (Fsp3) is 0.167. The first-order valence-electron chi connectivity index (χ1n) is 10.2. The molecule has 7 nitrogen and oxygen atoms in total. The van der Waals surface area contributed by atoms with Crippen molar-refractivity contribution in [3.8, 4) is 22.5 Å². The van der Waals surface area contributed by atoms with Crippen LogP contribution in [-0.2, 0) is 16.1 Å². The second-order valence-corrected chi connectivity index (χ2v) is 8.24. The summed E-state index contributed by atoms with van der Waals surface area (Å²) >= 11 is 11.9. The number of hydrogen-bond donors (Lipinski definition) is 1. The van der Waals surface area contributed by atoms with Crippen molar-refractivity contribution in [2.75, 3.05) is 13.9 Å². The predicted octanol–water partition coefficient (Wildman–Crippen LogP) is 5.39. The van der Waals surface area contributed by atoms with E-state index in [1.807, 2.05) is 0 Å². The van der Waals surface area contributed by atoms with Gasteiger partial charge in [0.15, 0.2) is 0 Å². The smallest absolute Gasteiger partial charge is 0.146 e. The zero-order valence-electron chi connectivity index (χ0n) is 18.3. The molecule has 1 N–H and O–H groups in total. The van der Waals surface area contributed by atoms with Crippen molar-refractivity contribution < 1.29 is 23.4 Å². The molecule has 0 fully saturated rings. The summed E-state index contributed by atoms with van der Waals surface area (Å²) in [5.74, 6) is -1.16. The van der Waals surface area contributed by atoms with Gasteiger partial charge >= 0.3 is 0 Å². The summed E-state index contributed by atoms with van der Waals surface area (Å²) in [5, 5.41) is 27.5. The van der Waals surface area contributed by atoms with E-state index in [4.69, 9.17) is 32.7 Å². The molecule has 0 aliphatic heterocycles. The standard InChI is InChI=1S/C24H18Cl2F2N4O3/c1-34-12-35-11-16-10-30-32-23(14-3-5-20(28)18(26)7-14)22(16)24(33)15-8-21(31-29-9-15)13-2-4-19(27)17(25)6-13/h2-10,24,33H,11-12H2,1H3. The van der Waals surface area contributed by atoms with Crippen LogP contribution in [0.15, 0.2) is 54.9 Å². The number of halogens is 4. The molecule has 0 aliphatic rings. The van der Waals surface area contributed by atoms with Gasteiger partial charge in [-0.3, -0.25) is 0 Å². The van der Waals surface area contributed by atoms with Crippen molar-refractivity contribution in [2.24, 2.45) is 0 Å². The molecule has 4 aromatic rings. The van der Waals surface area contributed by atoms with E-state index in [0.29, 0.717) is 33.5 Å². The van der Waals surface area contributed by atoms with Crippen LogP contribution < -0.4 is 0 Å². The molecule has 0 bridgehead atoms. The van der Waals surface area contributed by atoms with Gasteiger partial charge in [-0.2, -0.15) is 20.4 Å². The molecule has 180 valence electrons. The summed E-state index contributed by atoms with van der Waals surface area (Å²) in [5.41, 5.74) is 2.85. The van der Waals surface area contributed by atoms with Gasteiger partial charge in [0.05, 0.1) is 40.4 Å². The Labute approximate surface area is 209 Å². The summed E-state index contributed by atoms with van der Waals surface area (Å²) in [7, 11) is 1.48. The van der Waals surface area contributed by atoms with Crippen molar-refractivity contribution in [2.45, 2.75) is 12.7 Å². The Morgan fingerprint density at radius 1 is 0.914 bits per heavy atom. The highest BCUT2D eigenvalue weighted by Gasteiger charge is 2.23. The first-order chi connectivity index (χ1) is 16.9. The molecule has 2 aromatic heterocycles. The molecule has 35 heavy (non-hydrogen) atoms. The van der Waals surface area contributed by atoms with Crippen LogP contribution in [0.1, 0.15) is 22.8 Å². The van der Waals surface area contributed by atoms with Gasteiger partial charge in [-0.15, -0.1) is 0 Å². The Morgan fingerprint density at radius 2 is 1.57 bits per heavy atom. The van der Waals surface area contributed by atoms with E-state index in [2.05, 4.69) is 20.4 Å². The number of hydrogen-bond acceptors (Lipinski definition) is 7. The molecule has 0 saturated carbocycles. The molecule has 0 radical (unpaired) electrons. The fourth-order valence-corrected chi connectivity index (χ4v) is 3.80. The lowest BCUT2D eigenvalue weighted by molar-refractivity contribution is -0.0396. The lowest BCUT2D eigenvalue weighted by Crippen LogP contribution is -2.11. The third-order valence-corrected chi connectivity index (χ3v) is 5.68. The van der Waals surface area contributed by atoms with Gasteiger partial charge in [0.1, 0.15) is 24.5 Å². The quantitative estimate of drug-likeness (QED) is 0.247. The molecule has 1 atom stereocenters. The highest BCUT2D eigenvalue weighted by Crippen LogP contribution is 2.35. The van der Waals surface area contributed by atoms with Crippen LogP contribution in [0, 0.1) is 11.6 Å². The number of aromatic nitrogens is 4. The molecule has 2 aromatic carbocycles. The zero-order valence-corrected chi connectivity index (χ0v) is 19.8. The number of aliphatic hydroxyl groups excluding tert-OH is 1. The van der Waals surface area contributed by atoms with E-state index in [9.17, 15) is 13.9 Å². The molecule has 0 aliphatic carbocycles. The third kappa shape index (κ3) is 5.61. The van der Waals surface area contributed by atoms with Crippen LogP contribution in [-0.4, -0.2) is 39.4 Å². The van der Waals surface area contributed by atoms with Crippen LogP contribution in [0.5, 0.6) is 0 Å². The maximum Gasteiger partial charge on any atom is 0.146 e. The Morgan fingerprint density at radius 3 is 2.26 bits per heavy atom. The highest BCUT2D eigenvalue weighted by atomic mass is 35.5. The van der Waals surface area contributed by atoms with Crippen LogP contribution in [0.25, 0.3) is 22.5 Å². The van der Waals surface area contributed by atoms with Gasteiger partial charge in [0.2, 0.25) is 0 Å². The van der Waals surface area contributed by atoms with Crippen molar-refractivity contribution in [1.82, 2.24) is 20.4 Å². The monoisotopic (exact) mass is 518 g/mol. The number of nitrogens with zero attached hydrogens (tertiary/aromatic N) is 4. The van der Waals surface area contributed by atoms with Crippen molar-refractivity contribution in [1.29, 1.82) is 0 Å². The largest absolute Gasteiger partial charge is 0.384 e. The second-order valence-electron chi connectivity index (χ2n) is 7.42. The second kappa shape index (κ2) is 11.1. The fourth-order valence-electron chi connectivity index (χ4n) is 3.44. The van der Waals surface area contributed by atoms with Crippen LogP contribution in [0.3, 0.4) is 0 Å². The van der Waals surface area contributed by atoms with E-state index < -0.39 is 17.7 Å². The number of rotatable bonds is 8. The predicted molar refractivity (Wildman–Crippen MR) is 126 cm³/mol. The number of ether oxygens (including phenoxy) is 2. The summed E-state index contributed by atoms with van der Waals surface area (Å²) in [6, 6.07) is 9.83. The SMILES string of the molecule is COCOCc1cnnc(-c2ccc(F)c(Cl)c2)c1C(O)c1cnnc(-c2ccc(F)c(Cl)c2)c1. The normalized spacial score (nSPS) is 12.1. The number of benzene rings is 2. The Bertz CT molecular complexity index is 1360. The molecule has 0 spiro atoms. The maximum atomic E-state index is 13.8. The molecular formula is C24H18Cl2F2N4O3. The molecule has 0 saturated heterocycles. The summed E-state index contributed by atoms with van der Waals surface area (Å²) in [4.78, 5) is 0. The van der Waals surface area contributed by atoms with Gasteiger partial charge in [0.25, 0.3) is 0 Å². The first-order valence-corrected chi connectivity index (χ1v) is 11.0. The summed E-state index contributed by atoms with van der Waals surface area (Å²) < 4.78 is 37.8. The lowest BCUT2D eigenvalue weighted by atomic mass is 9.94. The third-order valence-electron chi connectivity index (χ3n) is 5.10. The number of aliphatic hydroxyl groups is 1. The summed E-state index contributed by atoms with van der Waals surface area (Å²) in [6.07, 6.45) is 1.59. The van der Waals surface area contributed by atoms with Gasteiger partial charge in [0, 0.05) is 34.9 Å². The Balaban J connectivity index is 1.81. The number of methoxy groups -OCH3 is 1. The highest BCUT2D eigenvalue weighted by molar-refractivity contribution is 6.31. The minimum Gasteiger partial charge on any atom is -0.384 e. The van der Waals surface area contributed by atoms with Gasteiger partial charge in [-0.05, 0) is 42.5 Å². The molecule has 1 unspecified atom stereocenters. The van der Waals surface area contributed by atoms with E-state index in [0.717, 1.165) is 0 Å².